The zero-order valence-corrected chi connectivity index (χ0v) is 20.3. The van der Waals surface area contributed by atoms with Gasteiger partial charge in [0.05, 0.1) is 6.10 Å². The Labute approximate surface area is 194 Å². The van der Waals surface area contributed by atoms with Crippen LogP contribution in [0.25, 0.3) is 0 Å². The van der Waals surface area contributed by atoms with Crippen molar-refractivity contribution in [3.05, 3.63) is 11.6 Å². The second-order valence-corrected chi connectivity index (χ2v) is 11.4. The van der Waals surface area contributed by atoms with Crippen molar-refractivity contribution in [1.82, 2.24) is 0 Å². The molecule has 180 valence electrons. The van der Waals surface area contributed by atoms with Crippen LogP contribution in [0.1, 0.15) is 110 Å². The Morgan fingerprint density at radius 1 is 1.06 bits per heavy atom. The molecule has 0 unspecified atom stereocenters. The Morgan fingerprint density at radius 2 is 1.81 bits per heavy atom. The average molecular weight is 445 g/mol. The molecule has 3 saturated carbocycles. The number of esters is 1. The highest BCUT2D eigenvalue weighted by atomic mass is 16.5. The summed E-state index contributed by atoms with van der Waals surface area (Å²) >= 11 is 0. The van der Waals surface area contributed by atoms with Gasteiger partial charge in [0.2, 0.25) is 0 Å². The van der Waals surface area contributed by atoms with E-state index in [1.54, 1.807) is 6.08 Å². The maximum Gasteiger partial charge on any atom is 0.306 e. The monoisotopic (exact) mass is 444 g/mol. The highest BCUT2D eigenvalue weighted by Gasteiger charge is 2.58. The Kier molecular flexibility index (Phi) is 7.80. The number of carbonyl (C=O) groups excluding carboxylic acids is 2. The summed E-state index contributed by atoms with van der Waals surface area (Å²) in [7, 11) is 0. The lowest BCUT2D eigenvalue weighted by molar-refractivity contribution is -0.159. The smallest absolute Gasteiger partial charge is 0.306 e. The molecule has 0 aromatic rings. The molecule has 4 aliphatic carbocycles. The lowest BCUT2D eigenvalue weighted by Crippen LogP contribution is -2.51. The van der Waals surface area contributed by atoms with Crippen molar-refractivity contribution in [2.24, 2.45) is 29.1 Å². The topological polar surface area (TPSA) is 63.6 Å². The molecule has 1 N–H and O–H groups in total. The van der Waals surface area contributed by atoms with Crippen molar-refractivity contribution >= 4 is 11.8 Å². The molecule has 4 aliphatic rings. The molecular formula is C28H44O4. The fourth-order valence-electron chi connectivity index (χ4n) is 7.77. The quantitative estimate of drug-likeness (QED) is 0.342. The number of ether oxygens (including phenoxy) is 1. The minimum atomic E-state index is -0.466. The number of hydrogen-bond acceptors (Lipinski definition) is 4. The van der Waals surface area contributed by atoms with Gasteiger partial charge in [-0.25, -0.2) is 0 Å². The van der Waals surface area contributed by atoms with Crippen molar-refractivity contribution in [1.29, 1.82) is 0 Å². The normalized spacial score (nSPS) is 38.5. The molecule has 0 aromatic carbocycles. The summed E-state index contributed by atoms with van der Waals surface area (Å²) < 4.78 is 6.10. The van der Waals surface area contributed by atoms with E-state index in [2.05, 4.69) is 13.8 Å². The van der Waals surface area contributed by atoms with Crippen molar-refractivity contribution in [3.8, 4) is 0 Å². The lowest BCUT2D eigenvalue weighted by atomic mass is 9.51. The number of aliphatic hydroxyl groups is 1. The molecule has 0 heterocycles. The van der Waals surface area contributed by atoms with Crippen molar-refractivity contribution in [2.75, 3.05) is 0 Å². The van der Waals surface area contributed by atoms with Crippen LogP contribution in [-0.2, 0) is 14.3 Å². The second-order valence-electron chi connectivity index (χ2n) is 11.4. The van der Waals surface area contributed by atoms with Crippen LogP contribution in [-0.4, -0.2) is 29.1 Å². The largest absolute Gasteiger partial charge is 0.462 e. The van der Waals surface area contributed by atoms with Crippen LogP contribution in [0.2, 0.25) is 0 Å². The first-order valence-corrected chi connectivity index (χ1v) is 13.6. The number of aliphatic hydroxyl groups excluding tert-OH is 1. The van der Waals surface area contributed by atoms with Gasteiger partial charge >= 0.3 is 5.97 Å². The summed E-state index contributed by atoms with van der Waals surface area (Å²) in [5.74, 6) is 2.15. The van der Waals surface area contributed by atoms with Gasteiger partial charge in [-0.15, -0.1) is 0 Å². The Balaban J connectivity index is 1.30. The van der Waals surface area contributed by atoms with Gasteiger partial charge in [-0.3, -0.25) is 9.59 Å². The first kappa shape index (κ1) is 24.0. The molecule has 0 aliphatic heterocycles. The van der Waals surface area contributed by atoms with E-state index in [0.717, 1.165) is 56.9 Å². The number of ketones is 1. The molecule has 32 heavy (non-hydrogen) atoms. The summed E-state index contributed by atoms with van der Waals surface area (Å²) in [5, 5.41) is 10.9. The van der Waals surface area contributed by atoms with E-state index in [4.69, 9.17) is 4.74 Å². The van der Waals surface area contributed by atoms with Crippen molar-refractivity contribution < 1.29 is 19.4 Å². The van der Waals surface area contributed by atoms with E-state index in [-0.39, 0.29) is 23.3 Å². The van der Waals surface area contributed by atoms with Gasteiger partial charge in [0, 0.05) is 18.3 Å². The SMILES string of the molecule is CCCCCCCCCC(=O)O[C@H]1CC[C@H]2[C@@H]3C[C@H](O)C4=CC(=O)CC[C@@H]4[C@H]3CC[C@]12C. The fraction of sp³-hybridized carbons (Fsp3) is 0.857. The van der Waals surface area contributed by atoms with Crippen LogP contribution in [0.4, 0.5) is 0 Å². The molecule has 0 amide bonds. The summed E-state index contributed by atoms with van der Waals surface area (Å²) in [4.78, 5) is 24.5. The highest BCUT2D eigenvalue weighted by molar-refractivity contribution is 5.91. The van der Waals surface area contributed by atoms with Gasteiger partial charge in [-0.1, -0.05) is 52.4 Å². The summed E-state index contributed by atoms with van der Waals surface area (Å²) in [6.07, 6.45) is 17.0. The number of rotatable bonds is 9. The van der Waals surface area contributed by atoms with Crippen molar-refractivity contribution in [3.63, 3.8) is 0 Å². The third kappa shape index (κ3) is 4.86. The third-order valence-electron chi connectivity index (χ3n) is 9.52. The molecule has 0 aromatic heterocycles. The predicted molar refractivity (Wildman–Crippen MR) is 126 cm³/mol. The van der Waals surface area contributed by atoms with Crippen LogP contribution in [0.5, 0.6) is 0 Å². The average Bonchev–Trinajstić information content (AvgIpc) is 3.10. The molecule has 0 bridgehead atoms. The van der Waals surface area contributed by atoms with E-state index < -0.39 is 6.10 Å². The van der Waals surface area contributed by atoms with Crippen molar-refractivity contribution in [2.45, 2.75) is 122 Å². The van der Waals surface area contributed by atoms with E-state index in [0.29, 0.717) is 36.5 Å². The molecule has 0 saturated heterocycles. The summed E-state index contributed by atoms with van der Waals surface area (Å²) in [5.41, 5.74) is 1.06. The van der Waals surface area contributed by atoms with Gasteiger partial charge in [0.15, 0.2) is 5.78 Å². The molecule has 4 heteroatoms. The van der Waals surface area contributed by atoms with Crippen LogP contribution in [0.3, 0.4) is 0 Å². The highest BCUT2D eigenvalue weighted by Crippen LogP contribution is 2.62. The van der Waals surface area contributed by atoms with Gasteiger partial charge in [0.1, 0.15) is 6.10 Å². The minimum Gasteiger partial charge on any atom is -0.462 e. The Bertz CT molecular complexity index is 712. The Morgan fingerprint density at radius 3 is 2.59 bits per heavy atom. The lowest BCUT2D eigenvalue weighted by Gasteiger charge is -2.54. The number of hydrogen-bond donors (Lipinski definition) is 1. The van der Waals surface area contributed by atoms with E-state index in [1.165, 1.54) is 32.1 Å². The molecule has 4 rings (SSSR count). The van der Waals surface area contributed by atoms with Gasteiger partial charge in [-0.05, 0) is 80.3 Å². The first-order chi connectivity index (χ1) is 15.4. The van der Waals surface area contributed by atoms with Gasteiger partial charge in [0.25, 0.3) is 0 Å². The van der Waals surface area contributed by atoms with E-state index in [1.807, 2.05) is 0 Å². The fourth-order valence-corrected chi connectivity index (χ4v) is 7.77. The predicted octanol–water partition coefficient (Wildman–Crippen LogP) is 6.15. The second kappa shape index (κ2) is 10.4. The Hall–Kier alpha value is -1.16. The van der Waals surface area contributed by atoms with Crippen LogP contribution in [0.15, 0.2) is 11.6 Å². The van der Waals surface area contributed by atoms with E-state index in [9.17, 15) is 14.7 Å². The number of carbonyl (C=O) groups is 2. The summed E-state index contributed by atoms with van der Waals surface area (Å²) in [6.45, 7) is 4.58. The minimum absolute atomic E-state index is 0.00718. The molecule has 3 fully saturated rings. The van der Waals surface area contributed by atoms with Gasteiger partial charge < -0.3 is 9.84 Å². The maximum atomic E-state index is 12.6. The standard InChI is InChI=1S/C28H44O4/c1-3-4-5-6-7-8-9-10-27(31)32-26-14-13-24-22-18-25(30)23-17-19(29)11-12-20(23)21(22)15-16-28(24,26)2/h17,20-22,24-26,30H,3-16,18H2,1-2H3/t20-,21-,22-,24+,25+,26+,28+/m1/s1. The third-order valence-corrected chi connectivity index (χ3v) is 9.52. The molecular weight excluding hydrogens is 400 g/mol. The van der Waals surface area contributed by atoms with Crippen LogP contribution < -0.4 is 0 Å². The zero-order chi connectivity index (χ0) is 22.7. The van der Waals surface area contributed by atoms with E-state index >= 15 is 0 Å². The summed E-state index contributed by atoms with van der Waals surface area (Å²) in [6, 6.07) is 0. The molecule has 0 spiro atoms. The molecule has 0 radical (unpaired) electrons. The van der Waals surface area contributed by atoms with Crippen LogP contribution in [0, 0.1) is 29.1 Å². The maximum absolute atomic E-state index is 12.6. The zero-order valence-electron chi connectivity index (χ0n) is 20.3. The number of fused-ring (bicyclic) bond motifs is 5. The van der Waals surface area contributed by atoms with Crippen LogP contribution >= 0.6 is 0 Å². The molecule has 4 nitrogen and oxygen atoms in total. The first-order valence-electron chi connectivity index (χ1n) is 13.6. The van der Waals surface area contributed by atoms with Gasteiger partial charge in [-0.2, -0.15) is 0 Å². The molecule has 7 atom stereocenters. The number of unbranched alkanes of at least 4 members (excludes halogenated alkanes) is 6.